The standard InChI is InChI=1S/C14H18N2S/c1-3-7-16-13(12-4-8-15-9-5-12)14-11(2)6-10-17-14/h4-6,8-10,13,16H,3,7H2,1-2H3. The number of pyridine rings is 1. The van der Waals surface area contributed by atoms with Crippen molar-refractivity contribution in [2.24, 2.45) is 0 Å². The lowest BCUT2D eigenvalue weighted by Crippen LogP contribution is -2.22. The van der Waals surface area contributed by atoms with Gasteiger partial charge < -0.3 is 5.32 Å². The van der Waals surface area contributed by atoms with Crippen LogP contribution < -0.4 is 5.32 Å². The highest BCUT2D eigenvalue weighted by Gasteiger charge is 2.16. The topological polar surface area (TPSA) is 24.9 Å². The van der Waals surface area contributed by atoms with Crippen LogP contribution in [0.5, 0.6) is 0 Å². The quantitative estimate of drug-likeness (QED) is 0.873. The molecule has 0 aliphatic rings. The normalized spacial score (nSPS) is 12.6. The molecule has 0 radical (unpaired) electrons. The van der Waals surface area contributed by atoms with Gasteiger partial charge in [-0.3, -0.25) is 4.98 Å². The summed E-state index contributed by atoms with van der Waals surface area (Å²) in [5.41, 5.74) is 2.65. The zero-order valence-corrected chi connectivity index (χ0v) is 11.1. The molecule has 2 aromatic heterocycles. The van der Waals surface area contributed by atoms with E-state index in [9.17, 15) is 0 Å². The van der Waals surface area contributed by atoms with Crippen LogP contribution in [0, 0.1) is 6.92 Å². The predicted octanol–water partition coefficient (Wildman–Crippen LogP) is 3.54. The van der Waals surface area contributed by atoms with E-state index in [-0.39, 0.29) is 0 Å². The van der Waals surface area contributed by atoms with Crippen molar-refractivity contribution in [2.45, 2.75) is 26.3 Å². The lowest BCUT2D eigenvalue weighted by Gasteiger charge is -2.18. The average Bonchev–Trinajstić information content (AvgIpc) is 2.78. The second kappa shape index (κ2) is 5.94. The van der Waals surface area contributed by atoms with Gasteiger partial charge in [-0.15, -0.1) is 11.3 Å². The molecule has 1 N–H and O–H groups in total. The van der Waals surface area contributed by atoms with Crippen molar-refractivity contribution in [3.63, 3.8) is 0 Å². The second-order valence-electron chi connectivity index (χ2n) is 4.14. The first kappa shape index (κ1) is 12.3. The lowest BCUT2D eigenvalue weighted by atomic mass is 10.0. The van der Waals surface area contributed by atoms with Crippen LogP contribution in [0.25, 0.3) is 0 Å². The summed E-state index contributed by atoms with van der Waals surface area (Å²) in [6.45, 7) is 5.40. The van der Waals surface area contributed by atoms with Crippen molar-refractivity contribution in [1.29, 1.82) is 0 Å². The van der Waals surface area contributed by atoms with E-state index >= 15 is 0 Å². The molecular formula is C14H18N2S. The molecule has 0 amide bonds. The zero-order valence-electron chi connectivity index (χ0n) is 10.3. The maximum absolute atomic E-state index is 4.09. The molecule has 0 saturated heterocycles. The van der Waals surface area contributed by atoms with E-state index in [0.29, 0.717) is 6.04 Å². The third kappa shape index (κ3) is 2.93. The highest BCUT2D eigenvalue weighted by Crippen LogP contribution is 2.28. The molecule has 0 spiro atoms. The average molecular weight is 246 g/mol. The van der Waals surface area contributed by atoms with Crippen molar-refractivity contribution in [2.75, 3.05) is 6.54 Å². The third-order valence-electron chi connectivity index (χ3n) is 2.80. The molecule has 17 heavy (non-hydrogen) atoms. The van der Waals surface area contributed by atoms with Gasteiger partial charge in [0.25, 0.3) is 0 Å². The highest BCUT2D eigenvalue weighted by atomic mass is 32.1. The van der Waals surface area contributed by atoms with E-state index in [1.807, 2.05) is 23.7 Å². The second-order valence-corrected chi connectivity index (χ2v) is 5.08. The molecule has 90 valence electrons. The lowest BCUT2D eigenvalue weighted by molar-refractivity contribution is 0.603. The summed E-state index contributed by atoms with van der Waals surface area (Å²) in [6, 6.07) is 6.67. The summed E-state index contributed by atoms with van der Waals surface area (Å²) in [5.74, 6) is 0. The fraction of sp³-hybridized carbons (Fsp3) is 0.357. The van der Waals surface area contributed by atoms with Gasteiger partial charge in [-0.1, -0.05) is 6.92 Å². The molecule has 1 unspecified atom stereocenters. The van der Waals surface area contributed by atoms with Crippen molar-refractivity contribution in [3.8, 4) is 0 Å². The molecule has 0 aromatic carbocycles. The van der Waals surface area contributed by atoms with Gasteiger partial charge in [0.15, 0.2) is 0 Å². The van der Waals surface area contributed by atoms with Crippen LogP contribution in [0.3, 0.4) is 0 Å². The number of hydrogen-bond acceptors (Lipinski definition) is 3. The van der Waals surface area contributed by atoms with Crippen molar-refractivity contribution < 1.29 is 0 Å². The minimum absolute atomic E-state index is 0.304. The van der Waals surface area contributed by atoms with Crippen molar-refractivity contribution >= 4 is 11.3 Å². The molecule has 0 saturated carbocycles. The van der Waals surface area contributed by atoms with Gasteiger partial charge >= 0.3 is 0 Å². The number of thiophene rings is 1. The fourth-order valence-corrected chi connectivity index (χ4v) is 2.91. The molecule has 2 nitrogen and oxygen atoms in total. The Morgan fingerprint density at radius 1 is 1.29 bits per heavy atom. The molecule has 0 aliphatic carbocycles. The molecule has 1 atom stereocenters. The van der Waals surface area contributed by atoms with E-state index in [1.165, 1.54) is 16.0 Å². The number of hydrogen-bond donors (Lipinski definition) is 1. The Morgan fingerprint density at radius 3 is 2.65 bits per heavy atom. The van der Waals surface area contributed by atoms with Gasteiger partial charge in [0.1, 0.15) is 0 Å². The summed E-state index contributed by atoms with van der Waals surface area (Å²) in [6.07, 6.45) is 4.86. The molecule has 2 aromatic rings. The predicted molar refractivity (Wildman–Crippen MR) is 73.4 cm³/mol. The summed E-state index contributed by atoms with van der Waals surface area (Å²) in [7, 11) is 0. The minimum Gasteiger partial charge on any atom is -0.306 e. The molecule has 0 fully saturated rings. The Morgan fingerprint density at radius 2 is 2.06 bits per heavy atom. The third-order valence-corrected chi connectivity index (χ3v) is 3.89. The summed E-state index contributed by atoms with van der Waals surface area (Å²) >= 11 is 1.82. The first-order valence-electron chi connectivity index (χ1n) is 6.00. The van der Waals surface area contributed by atoms with E-state index in [0.717, 1.165) is 13.0 Å². The van der Waals surface area contributed by atoms with Crippen molar-refractivity contribution in [1.82, 2.24) is 10.3 Å². The van der Waals surface area contributed by atoms with E-state index in [4.69, 9.17) is 0 Å². The van der Waals surface area contributed by atoms with Gasteiger partial charge in [-0.2, -0.15) is 0 Å². The molecule has 0 bridgehead atoms. The Bertz CT molecular complexity index is 450. The number of nitrogens with one attached hydrogen (secondary N) is 1. The van der Waals surface area contributed by atoms with Crippen LogP contribution in [0.1, 0.15) is 35.4 Å². The Kier molecular flexibility index (Phi) is 4.29. The number of rotatable bonds is 5. The SMILES string of the molecule is CCCNC(c1ccncc1)c1sccc1C. The van der Waals surface area contributed by atoms with Crippen LogP contribution >= 0.6 is 11.3 Å². The maximum Gasteiger partial charge on any atom is 0.0674 e. The zero-order chi connectivity index (χ0) is 12.1. The molecule has 0 aliphatic heterocycles. The largest absolute Gasteiger partial charge is 0.306 e. The number of nitrogens with zero attached hydrogens (tertiary/aromatic N) is 1. The Balaban J connectivity index is 2.29. The van der Waals surface area contributed by atoms with Crippen LogP contribution in [0.4, 0.5) is 0 Å². The fourth-order valence-electron chi connectivity index (χ4n) is 1.89. The van der Waals surface area contributed by atoms with Crippen molar-refractivity contribution in [3.05, 3.63) is 52.0 Å². The highest BCUT2D eigenvalue weighted by molar-refractivity contribution is 7.10. The number of aromatic nitrogens is 1. The van der Waals surface area contributed by atoms with E-state index in [1.54, 1.807) is 0 Å². The van der Waals surface area contributed by atoms with Gasteiger partial charge in [-0.05, 0) is 54.6 Å². The maximum atomic E-state index is 4.09. The van der Waals surface area contributed by atoms with Crippen LogP contribution in [-0.4, -0.2) is 11.5 Å². The minimum atomic E-state index is 0.304. The summed E-state index contributed by atoms with van der Waals surface area (Å²) in [4.78, 5) is 5.49. The first-order chi connectivity index (χ1) is 8.33. The smallest absolute Gasteiger partial charge is 0.0674 e. The van der Waals surface area contributed by atoms with E-state index in [2.05, 4.69) is 47.7 Å². The van der Waals surface area contributed by atoms with E-state index < -0.39 is 0 Å². The molecule has 2 heterocycles. The monoisotopic (exact) mass is 246 g/mol. The summed E-state index contributed by atoms with van der Waals surface area (Å²) < 4.78 is 0. The molecule has 2 rings (SSSR count). The Hall–Kier alpha value is -1.19. The van der Waals surface area contributed by atoms with Crippen LogP contribution in [0.15, 0.2) is 36.0 Å². The molecular weight excluding hydrogens is 228 g/mol. The van der Waals surface area contributed by atoms with Gasteiger partial charge in [0.05, 0.1) is 6.04 Å². The summed E-state index contributed by atoms with van der Waals surface area (Å²) in [5, 5.41) is 5.77. The Labute approximate surface area is 107 Å². The van der Waals surface area contributed by atoms with Gasteiger partial charge in [0.2, 0.25) is 0 Å². The van der Waals surface area contributed by atoms with Crippen LogP contribution in [0.2, 0.25) is 0 Å². The molecule has 3 heteroatoms. The van der Waals surface area contributed by atoms with Gasteiger partial charge in [0, 0.05) is 17.3 Å². The van der Waals surface area contributed by atoms with Gasteiger partial charge in [-0.25, -0.2) is 0 Å². The van der Waals surface area contributed by atoms with Crippen LogP contribution in [-0.2, 0) is 0 Å². The first-order valence-corrected chi connectivity index (χ1v) is 6.88. The number of aryl methyl sites for hydroxylation is 1.